The first kappa shape index (κ1) is 22.3. The van der Waals surface area contributed by atoms with Crippen molar-refractivity contribution in [2.45, 2.75) is 57.0 Å². The molecular formula is C23H30N2O4S. The zero-order valence-electron chi connectivity index (χ0n) is 17.6. The van der Waals surface area contributed by atoms with Crippen molar-refractivity contribution in [1.82, 2.24) is 4.31 Å². The van der Waals surface area contributed by atoms with E-state index < -0.39 is 16.1 Å². The average Bonchev–Trinajstić information content (AvgIpc) is 3.04. The highest BCUT2D eigenvalue weighted by Crippen LogP contribution is 2.23. The SMILES string of the molecule is CC[C@H](Oc1ccccc1C)C(=O)Nc1ccc(S(=O)(=O)N2CCCCCC2)cc1. The van der Waals surface area contributed by atoms with Gasteiger partial charge in [-0.25, -0.2) is 8.42 Å². The number of carbonyl (C=O) groups is 1. The van der Waals surface area contributed by atoms with E-state index in [4.69, 9.17) is 4.74 Å². The van der Waals surface area contributed by atoms with Crippen LogP contribution in [0.3, 0.4) is 0 Å². The summed E-state index contributed by atoms with van der Waals surface area (Å²) in [5.74, 6) is 0.419. The van der Waals surface area contributed by atoms with Crippen LogP contribution >= 0.6 is 0 Å². The van der Waals surface area contributed by atoms with Gasteiger partial charge in [0, 0.05) is 18.8 Å². The molecule has 1 aliphatic heterocycles. The lowest BCUT2D eigenvalue weighted by molar-refractivity contribution is -0.122. The van der Waals surface area contributed by atoms with Crippen LogP contribution in [0, 0.1) is 6.92 Å². The van der Waals surface area contributed by atoms with Gasteiger partial charge in [-0.3, -0.25) is 4.79 Å². The van der Waals surface area contributed by atoms with Crippen LogP contribution in [0.2, 0.25) is 0 Å². The molecular weight excluding hydrogens is 400 g/mol. The number of nitrogens with one attached hydrogen (secondary N) is 1. The molecule has 0 aliphatic carbocycles. The van der Waals surface area contributed by atoms with Crippen molar-refractivity contribution in [2.75, 3.05) is 18.4 Å². The summed E-state index contributed by atoms with van der Waals surface area (Å²) in [5.41, 5.74) is 1.51. The lowest BCUT2D eigenvalue weighted by atomic mass is 10.2. The number of carbonyl (C=O) groups excluding carboxylic acids is 1. The van der Waals surface area contributed by atoms with Crippen molar-refractivity contribution in [3.63, 3.8) is 0 Å². The van der Waals surface area contributed by atoms with E-state index in [1.807, 2.05) is 38.1 Å². The molecule has 0 spiro atoms. The monoisotopic (exact) mass is 430 g/mol. The van der Waals surface area contributed by atoms with Crippen LogP contribution in [0.4, 0.5) is 5.69 Å². The third kappa shape index (κ3) is 5.40. The highest BCUT2D eigenvalue weighted by Gasteiger charge is 2.25. The van der Waals surface area contributed by atoms with Crippen molar-refractivity contribution in [3.8, 4) is 5.75 Å². The number of ether oxygens (including phenoxy) is 1. The Bertz CT molecular complexity index is 949. The molecule has 7 heteroatoms. The third-order valence-electron chi connectivity index (χ3n) is 5.35. The van der Waals surface area contributed by atoms with Crippen LogP contribution in [0.15, 0.2) is 53.4 Å². The predicted molar refractivity (Wildman–Crippen MR) is 118 cm³/mol. The normalized spacial score (nSPS) is 16.5. The Morgan fingerprint density at radius 3 is 2.27 bits per heavy atom. The zero-order chi connectivity index (χ0) is 21.6. The molecule has 1 N–H and O–H groups in total. The molecule has 0 saturated carbocycles. The number of anilines is 1. The summed E-state index contributed by atoms with van der Waals surface area (Å²) in [6, 6.07) is 13.9. The Balaban J connectivity index is 1.67. The number of para-hydroxylation sites is 1. The van der Waals surface area contributed by atoms with E-state index >= 15 is 0 Å². The van der Waals surface area contributed by atoms with Crippen LogP contribution in [-0.2, 0) is 14.8 Å². The van der Waals surface area contributed by atoms with Crippen LogP contribution in [0.1, 0.15) is 44.6 Å². The van der Waals surface area contributed by atoms with Crippen LogP contribution in [0.5, 0.6) is 5.75 Å². The Hall–Kier alpha value is -2.38. The number of hydrogen-bond donors (Lipinski definition) is 1. The van der Waals surface area contributed by atoms with E-state index in [1.54, 1.807) is 28.6 Å². The largest absolute Gasteiger partial charge is 0.480 e. The fourth-order valence-electron chi connectivity index (χ4n) is 3.53. The summed E-state index contributed by atoms with van der Waals surface area (Å²) in [4.78, 5) is 12.9. The smallest absolute Gasteiger partial charge is 0.265 e. The summed E-state index contributed by atoms with van der Waals surface area (Å²) < 4.78 is 33.2. The maximum Gasteiger partial charge on any atom is 0.265 e. The molecule has 0 radical (unpaired) electrons. The first-order valence-electron chi connectivity index (χ1n) is 10.5. The van der Waals surface area contributed by atoms with Gasteiger partial charge in [0.1, 0.15) is 5.75 Å². The van der Waals surface area contributed by atoms with E-state index in [2.05, 4.69) is 5.32 Å². The van der Waals surface area contributed by atoms with Crippen LogP contribution in [0.25, 0.3) is 0 Å². The van der Waals surface area contributed by atoms with Gasteiger partial charge in [0.05, 0.1) is 4.90 Å². The van der Waals surface area contributed by atoms with Gasteiger partial charge in [-0.2, -0.15) is 4.31 Å². The molecule has 3 rings (SSSR count). The van der Waals surface area contributed by atoms with Crippen molar-refractivity contribution in [1.29, 1.82) is 0 Å². The molecule has 1 fully saturated rings. The number of rotatable bonds is 7. The topological polar surface area (TPSA) is 75.7 Å². The molecule has 1 aliphatic rings. The molecule has 1 amide bonds. The van der Waals surface area contributed by atoms with Gasteiger partial charge >= 0.3 is 0 Å². The molecule has 6 nitrogen and oxygen atoms in total. The second-order valence-corrected chi connectivity index (χ2v) is 9.55. The van der Waals surface area contributed by atoms with E-state index in [1.165, 1.54) is 0 Å². The number of aryl methyl sites for hydroxylation is 1. The maximum atomic E-state index is 12.9. The second kappa shape index (κ2) is 10.1. The maximum absolute atomic E-state index is 12.9. The molecule has 30 heavy (non-hydrogen) atoms. The fraction of sp³-hybridized carbons (Fsp3) is 0.435. The Morgan fingerprint density at radius 1 is 1.03 bits per heavy atom. The number of sulfonamides is 1. The van der Waals surface area contributed by atoms with Gasteiger partial charge in [-0.15, -0.1) is 0 Å². The average molecular weight is 431 g/mol. The second-order valence-electron chi connectivity index (χ2n) is 7.61. The predicted octanol–water partition coefficient (Wildman–Crippen LogP) is 4.36. The van der Waals surface area contributed by atoms with Gasteiger partial charge in [0.2, 0.25) is 10.0 Å². The standard InChI is InChI=1S/C23H30N2O4S/c1-3-21(29-22-11-7-6-10-18(22)2)23(26)24-19-12-14-20(15-13-19)30(27,28)25-16-8-4-5-9-17-25/h6-7,10-15,21H,3-5,8-9,16-17H2,1-2H3,(H,24,26)/t21-/m0/s1. The van der Waals surface area contributed by atoms with E-state index in [0.29, 0.717) is 30.9 Å². The highest BCUT2D eigenvalue weighted by atomic mass is 32.2. The third-order valence-corrected chi connectivity index (χ3v) is 7.26. The van der Waals surface area contributed by atoms with Crippen molar-refractivity contribution in [2.24, 2.45) is 0 Å². The van der Waals surface area contributed by atoms with Gasteiger partial charge in [-0.1, -0.05) is 38.0 Å². The van der Waals surface area contributed by atoms with Crippen molar-refractivity contribution in [3.05, 3.63) is 54.1 Å². The van der Waals surface area contributed by atoms with Gasteiger partial charge in [0.15, 0.2) is 6.10 Å². The minimum atomic E-state index is -3.50. The van der Waals surface area contributed by atoms with Crippen LogP contribution in [-0.4, -0.2) is 37.8 Å². The first-order chi connectivity index (χ1) is 14.4. The molecule has 2 aromatic rings. The zero-order valence-corrected chi connectivity index (χ0v) is 18.5. The molecule has 1 heterocycles. The van der Waals surface area contributed by atoms with Crippen molar-refractivity contribution < 1.29 is 17.9 Å². The lowest BCUT2D eigenvalue weighted by Crippen LogP contribution is -2.33. The quantitative estimate of drug-likeness (QED) is 0.708. The van der Waals surface area contributed by atoms with Gasteiger partial charge in [-0.05, 0) is 62.1 Å². The summed E-state index contributed by atoms with van der Waals surface area (Å²) in [5, 5.41) is 2.83. The molecule has 0 aromatic heterocycles. The van der Waals surface area contributed by atoms with Gasteiger partial charge in [0.25, 0.3) is 5.91 Å². The Kier molecular flexibility index (Phi) is 7.50. The molecule has 0 bridgehead atoms. The van der Waals surface area contributed by atoms with E-state index in [0.717, 1.165) is 31.2 Å². The van der Waals surface area contributed by atoms with Crippen molar-refractivity contribution >= 4 is 21.6 Å². The van der Waals surface area contributed by atoms with E-state index in [-0.39, 0.29) is 10.8 Å². The Labute approximate surface area is 179 Å². The Morgan fingerprint density at radius 2 is 1.67 bits per heavy atom. The van der Waals surface area contributed by atoms with Crippen LogP contribution < -0.4 is 10.1 Å². The lowest BCUT2D eigenvalue weighted by Gasteiger charge is -2.20. The minimum absolute atomic E-state index is 0.255. The molecule has 1 saturated heterocycles. The molecule has 0 unspecified atom stereocenters. The molecule has 162 valence electrons. The number of amides is 1. The van der Waals surface area contributed by atoms with Gasteiger partial charge < -0.3 is 10.1 Å². The minimum Gasteiger partial charge on any atom is -0.480 e. The fourth-order valence-corrected chi connectivity index (χ4v) is 5.05. The number of hydrogen-bond acceptors (Lipinski definition) is 4. The number of nitrogens with zero attached hydrogens (tertiary/aromatic N) is 1. The highest BCUT2D eigenvalue weighted by molar-refractivity contribution is 7.89. The first-order valence-corrected chi connectivity index (χ1v) is 12.0. The summed E-state index contributed by atoms with van der Waals surface area (Å²) in [6.07, 6.45) is 3.81. The molecule has 1 atom stereocenters. The summed E-state index contributed by atoms with van der Waals surface area (Å²) in [6.45, 7) is 4.95. The molecule has 2 aromatic carbocycles. The summed E-state index contributed by atoms with van der Waals surface area (Å²) in [7, 11) is -3.50. The van der Waals surface area contributed by atoms with E-state index in [9.17, 15) is 13.2 Å². The number of benzene rings is 2. The summed E-state index contributed by atoms with van der Waals surface area (Å²) >= 11 is 0.